The van der Waals surface area contributed by atoms with Crippen LogP contribution in [0.1, 0.15) is 12.5 Å². The highest BCUT2D eigenvalue weighted by Crippen LogP contribution is 2.21. The summed E-state index contributed by atoms with van der Waals surface area (Å²) in [6.45, 7) is 0.692. The largest absolute Gasteiger partial charge is 0.393 e. The molecule has 13 heavy (non-hydrogen) atoms. The van der Waals surface area contributed by atoms with Crippen LogP contribution in [-0.4, -0.2) is 16.8 Å². The van der Waals surface area contributed by atoms with Gasteiger partial charge in [0.2, 0.25) is 0 Å². The number of hydrogen-bond acceptors (Lipinski definition) is 2. The molecule has 0 spiro atoms. The second-order valence-corrected chi connectivity index (χ2v) is 3.09. The Morgan fingerprint density at radius 1 is 1.23 bits per heavy atom. The van der Waals surface area contributed by atoms with E-state index in [1.165, 1.54) is 6.92 Å². The number of aliphatic hydroxyl groups excluding tert-OH is 1. The van der Waals surface area contributed by atoms with Crippen LogP contribution in [0.25, 0.3) is 0 Å². The SMILES string of the molecule is CC(O)(CO)c1cc(F)cc(F)c1. The Bertz CT molecular complexity index is 290. The highest BCUT2D eigenvalue weighted by Gasteiger charge is 2.23. The zero-order chi connectivity index (χ0) is 10.1. The highest BCUT2D eigenvalue weighted by atomic mass is 19.1. The van der Waals surface area contributed by atoms with E-state index in [-0.39, 0.29) is 5.56 Å². The fourth-order valence-corrected chi connectivity index (χ4v) is 0.956. The summed E-state index contributed by atoms with van der Waals surface area (Å²) >= 11 is 0. The summed E-state index contributed by atoms with van der Waals surface area (Å²) < 4.78 is 25.3. The molecule has 2 N–H and O–H groups in total. The Hall–Kier alpha value is -1.00. The first-order valence-electron chi connectivity index (χ1n) is 3.75. The van der Waals surface area contributed by atoms with Gasteiger partial charge in [0.25, 0.3) is 0 Å². The Morgan fingerprint density at radius 2 is 1.69 bits per heavy atom. The number of aliphatic hydroxyl groups is 2. The Morgan fingerprint density at radius 3 is 2.08 bits per heavy atom. The van der Waals surface area contributed by atoms with E-state index in [2.05, 4.69) is 0 Å². The molecule has 1 atom stereocenters. The van der Waals surface area contributed by atoms with Gasteiger partial charge in [0, 0.05) is 6.07 Å². The zero-order valence-corrected chi connectivity index (χ0v) is 7.09. The van der Waals surface area contributed by atoms with E-state index in [0.29, 0.717) is 6.07 Å². The maximum absolute atomic E-state index is 12.7. The molecule has 1 rings (SSSR count). The molecule has 0 aliphatic rings. The molecule has 0 saturated carbocycles. The van der Waals surface area contributed by atoms with Crippen LogP contribution in [0.2, 0.25) is 0 Å². The predicted octanol–water partition coefficient (Wildman–Crippen LogP) is 1.16. The molecule has 1 aromatic rings. The van der Waals surface area contributed by atoms with Crippen LogP contribution in [0.5, 0.6) is 0 Å². The number of rotatable bonds is 2. The molecular weight excluding hydrogens is 178 g/mol. The lowest BCUT2D eigenvalue weighted by molar-refractivity contribution is -0.00274. The van der Waals surface area contributed by atoms with Crippen molar-refractivity contribution in [2.24, 2.45) is 0 Å². The maximum Gasteiger partial charge on any atom is 0.126 e. The molecule has 0 fully saturated rings. The van der Waals surface area contributed by atoms with Crippen molar-refractivity contribution < 1.29 is 19.0 Å². The summed E-state index contributed by atoms with van der Waals surface area (Å²) in [6.07, 6.45) is 0. The molecule has 72 valence electrons. The first-order valence-corrected chi connectivity index (χ1v) is 3.75. The van der Waals surface area contributed by atoms with Crippen LogP contribution < -0.4 is 0 Å². The lowest BCUT2D eigenvalue weighted by Crippen LogP contribution is -2.26. The molecule has 0 bridgehead atoms. The van der Waals surface area contributed by atoms with Crippen LogP contribution in [0.15, 0.2) is 18.2 Å². The minimum absolute atomic E-state index is 0.0208. The first-order chi connectivity index (χ1) is 5.95. The van der Waals surface area contributed by atoms with Crippen molar-refractivity contribution >= 4 is 0 Å². The number of benzene rings is 1. The van der Waals surface area contributed by atoms with E-state index in [9.17, 15) is 13.9 Å². The predicted molar refractivity (Wildman–Crippen MR) is 43.0 cm³/mol. The van der Waals surface area contributed by atoms with Crippen molar-refractivity contribution in [3.05, 3.63) is 35.4 Å². The fraction of sp³-hybridized carbons (Fsp3) is 0.333. The average molecular weight is 188 g/mol. The molecular formula is C9H10F2O2. The number of hydrogen-bond donors (Lipinski definition) is 2. The molecule has 0 saturated heterocycles. The summed E-state index contributed by atoms with van der Waals surface area (Å²) in [5, 5.41) is 18.2. The van der Waals surface area contributed by atoms with Crippen molar-refractivity contribution in [3.8, 4) is 0 Å². The normalized spacial score (nSPS) is 15.5. The molecule has 1 unspecified atom stereocenters. The van der Waals surface area contributed by atoms with Gasteiger partial charge in [0.1, 0.15) is 17.2 Å². The highest BCUT2D eigenvalue weighted by molar-refractivity contribution is 5.23. The van der Waals surface area contributed by atoms with Crippen LogP contribution in [0.4, 0.5) is 8.78 Å². The van der Waals surface area contributed by atoms with Gasteiger partial charge in [-0.25, -0.2) is 8.78 Å². The standard InChI is InChI=1S/C9H10F2O2/c1-9(13,5-12)6-2-7(10)4-8(11)3-6/h2-4,12-13H,5H2,1H3. The summed E-state index contributed by atoms with van der Waals surface area (Å²) in [7, 11) is 0. The zero-order valence-electron chi connectivity index (χ0n) is 7.09. The molecule has 0 heterocycles. The lowest BCUT2D eigenvalue weighted by atomic mass is 9.97. The molecule has 0 aromatic heterocycles. The van der Waals surface area contributed by atoms with E-state index in [4.69, 9.17) is 5.11 Å². The smallest absolute Gasteiger partial charge is 0.126 e. The van der Waals surface area contributed by atoms with Crippen LogP contribution >= 0.6 is 0 Å². The quantitative estimate of drug-likeness (QED) is 0.731. The maximum atomic E-state index is 12.7. The van der Waals surface area contributed by atoms with Crippen LogP contribution in [0.3, 0.4) is 0 Å². The molecule has 0 radical (unpaired) electrons. The topological polar surface area (TPSA) is 40.5 Å². The van der Waals surface area contributed by atoms with Crippen molar-refractivity contribution in [2.45, 2.75) is 12.5 Å². The van der Waals surface area contributed by atoms with Gasteiger partial charge in [-0.2, -0.15) is 0 Å². The Kier molecular flexibility index (Phi) is 2.63. The van der Waals surface area contributed by atoms with Gasteiger partial charge in [-0.3, -0.25) is 0 Å². The van der Waals surface area contributed by atoms with E-state index >= 15 is 0 Å². The van der Waals surface area contributed by atoms with Gasteiger partial charge in [-0.1, -0.05) is 0 Å². The fourth-order valence-electron chi connectivity index (χ4n) is 0.956. The third kappa shape index (κ3) is 2.23. The summed E-state index contributed by atoms with van der Waals surface area (Å²) in [6, 6.07) is 2.68. The van der Waals surface area contributed by atoms with E-state index in [0.717, 1.165) is 12.1 Å². The van der Waals surface area contributed by atoms with E-state index in [1.807, 2.05) is 0 Å². The summed E-state index contributed by atoms with van der Waals surface area (Å²) in [4.78, 5) is 0. The van der Waals surface area contributed by atoms with Crippen molar-refractivity contribution in [1.29, 1.82) is 0 Å². The molecule has 4 heteroatoms. The van der Waals surface area contributed by atoms with Gasteiger partial charge in [-0.15, -0.1) is 0 Å². The summed E-state index contributed by atoms with van der Waals surface area (Å²) in [5.41, 5.74) is -1.59. The molecule has 2 nitrogen and oxygen atoms in total. The first kappa shape index (κ1) is 10.1. The molecule has 0 amide bonds. The monoisotopic (exact) mass is 188 g/mol. The van der Waals surface area contributed by atoms with Crippen LogP contribution in [0, 0.1) is 11.6 Å². The van der Waals surface area contributed by atoms with Gasteiger partial charge in [-0.05, 0) is 24.6 Å². The van der Waals surface area contributed by atoms with Gasteiger partial charge >= 0.3 is 0 Å². The Balaban J connectivity index is 3.15. The van der Waals surface area contributed by atoms with Crippen LogP contribution in [-0.2, 0) is 5.60 Å². The number of halogens is 2. The second kappa shape index (κ2) is 3.40. The minimum Gasteiger partial charge on any atom is -0.393 e. The molecule has 0 aliphatic heterocycles. The summed E-state index contributed by atoms with van der Waals surface area (Å²) in [5.74, 6) is -1.55. The van der Waals surface area contributed by atoms with Gasteiger partial charge in [0.05, 0.1) is 6.61 Å². The molecule has 1 aromatic carbocycles. The third-order valence-corrected chi connectivity index (χ3v) is 1.79. The minimum atomic E-state index is -1.61. The van der Waals surface area contributed by atoms with Gasteiger partial charge < -0.3 is 10.2 Å². The van der Waals surface area contributed by atoms with Crippen molar-refractivity contribution in [3.63, 3.8) is 0 Å². The van der Waals surface area contributed by atoms with Crippen molar-refractivity contribution in [1.82, 2.24) is 0 Å². The molecule has 0 aliphatic carbocycles. The third-order valence-electron chi connectivity index (χ3n) is 1.79. The van der Waals surface area contributed by atoms with Gasteiger partial charge in [0.15, 0.2) is 0 Å². The van der Waals surface area contributed by atoms with E-state index < -0.39 is 23.8 Å². The Labute approximate surface area is 74.4 Å². The average Bonchev–Trinajstić information content (AvgIpc) is 2.02. The van der Waals surface area contributed by atoms with E-state index in [1.54, 1.807) is 0 Å². The second-order valence-electron chi connectivity index (χ2n) is 3.09. The van der Waals surface area contributed by atoms with Crippen molar-refractivity contribution in [2.75, 3.05) is 6.61 Å². The lowest BCUT2D eigenvalue weighted by Gasteiger charge is -2.20.